The molecule has 0 aliphatic carbocycles. The SMILES string of the molecule is CN(C)C1CCCN(Cc2ccc(C(=O)O)o2)C1. The molecule has 1 aromatic rings. The van der Waals surface area contributed by atoms with E-state index in [-0.39, 0.29) is 5.76 Å². The molecule has 1 aliphatic rings. The van der Waals surface area contributed by atoms with Gasteiger partial charge in [0.2, 0.25) is 5.76 Å². The van der Waals surface area contributed by atoms with Gasteiger partial charge in [-0.05, 0) is 45.6 Å². The molecule has 0 aromatic carbocycles. The van der Waals surface area contributed by atoms with Gasteiger partial charge in [-0.15, -0.1) is 0 Å². The predicted octanol–water partition coefficient (Wildman–Crippen LogP) is 1.50. The van der Waals surface area contributed by atoms with Crippen LogP contribution in [0.4, 0.5) is 0 Å². The maximum absolute atomic E-state index is 10.7. The largest absolute Gasteiger partial charge is 0.475 e. The average molecular weight is 252 g/mol. The molecule has 1 saturated heterocycles. The molecule has 1 aromatic heterocycles. The topological polar surface area (TPSA) is 56.9 Å². The first-order valence-corrected chi connectivity index (χ1v) is 6.27. The van der Waals surface area contributed by atoms with Gasteiger partial charge in [0.25, 0.3) is 0 Å². The Bertz CT molecular complexity index is 414. The van der Waals surface area contributed by atoms with E-state index >= 15 is 0 Å². The molecule has 0 saturated carbocycles. The molecule has 0 bridgehead atoms. The molecule has 0 spiro atoms. The van der Waals surface area contributed by atoms with Crippen LogP contribution in [-0.4, -0.2) is 54.1 Å². The standard InChI is InChI=1S/C13H20N2O3/c1-14(2)10-4-3-7-15(8-10)9-11-5-6-12(18-11)13(16)17/h5-6,10H,3-4,7-9H2,1-2H3,(H,16,17). The van der Waals surface area contributed by atoms with Gasteiger partial charge in [-0.3, -0.25) is 4.90 Å². The zero-order chi connectivity index (χ0) is 13.1. The first kappa shape index (κ1) is 13.1. The molecule has 100 valence electrons. The Morgan fingerprint density at radius 1 is 1.56 bits per heavy atom. The summed E-state index contributed by atoms with van der Waals surface area (Å²) in [5, 5.41) is 8.80. The number of hydrogen-bond donors (Lipinski definition) is 1. The second-order valence-corrected chi connectivity index (χ2v) is 5.07. The molecule has 2 rings (SSSR count). The lowest BCUT2D eigenvalue weighted by molar-refractivity contribution is 0.0655. The van der Waals surface area contributed by atoms with Crippen LogP contribution in [0.25, 0.3) is 0 Å². The highest BCUT2D eigenvalue weighted by Crippen LogP contribution is 2.17. The van der Waals surface area contributed by atoms with Crippen LogP contribution < -0.4 is 0 Å². The summed E-state index contributed by atoms with van der Waals surface area (Å²) < 4.78 is 5.29. The highest BCUT2D eigenvalue weighted by molar-refractivity contribution is 5.84. The lowest BCUT2D eigenvalue weighted by Gasteiger charge is -2.35. The number of rotatable bonds is 4. The lowest BCUT2D eigenvalue weighted by atomic mass is 10.0. The summed E-state index contributed by atoms with van der Waals surface area (Å²) in [6, 6.07) is 3.85. The van der Waals surface area contributed by atoms with Crippen LogP contribution in [0, 0.1) is 0 Å². The molecular formula is C13H20N2O3. The number of likely N-dealkylation sites (tertiary alicyclic amines) is 1. The summed E-state index contributed by atoms with van der Waals surface area (Å²) in [6.07, 6.45) is 2.40. The van der Waals surface area contributed by atoms with Crippen molar-refractivity contribution < 1.29 is 14.3 Å². The molecule has 5 heteroatoms. The third-order valence-corrected chi connectivity index (χ3v) is 3.46. The molecule has 18 heavy (non-hydrogen) atoms. The quantitative estimate of drug-likeness (QED) is 0.880. The Morgan fingerprint density at radius 3 is 2.94 bits per heavy atom. The van der Waals surface area contributed by atoms with Crippen LogP contribution in [0.15, 0.2) is 16.5 Å². The van der Waals surface area contributed by atoms with Crippen molar-refractivity contribution in [1.82, 2.24) is 9.80 Å². The lowest BCUT2D eigenvalue weighted by Crippen LogP contribution is -2.44. The van der Waals surface area contributed by atoms with Crippen molar-refractivity contribution in [2.45, 2.75) is 25.4 Å². The van der Waals surface area contributed by atoms with Gasteiger partial charge in [0.15, 0.2) is 0 Å². The van der Waals surface area contributed by atoms with Crippen molar-refractivity contribution in [2.75, 3.05) is 27.2 Å². The number of carboxylic acid groups (broad SMARTS) is 1. The van der Waals surface area contributed by atoms with Gasteiger partial charge in [0.05, 0.1) is 6.54 Å². The Labute approximate surface area is 107 Å². The van der Waals surface area contributed by atoms with E-state index in [2.05, 4.69) is 23.9 Å². The van der Waals surface area contributed by atoms with Crippen molar-refractivity contribution in [2.24, 2.45) is 0 Å². The van der Waals surface area contributed by atoms with Crippen molar-refractivity contribution in [3.05, 3.63) is 23.7 Å². The van der Waals surface area contributed by atoms with Gasteiger partial charge >= 0.3 is 5.97 Å². The summed E-state index contributed by atoms with van der Waals surface area (Å²) in [5.41, 5.74) is 0. The van der Waals surface area contributed by atoms with E-state index in [1.807, 2.05) is 0 Å². The molecular weight excluding hydrogens is 232 g/mol. The number of aromatic carboxylic acids is 1. The van der Waals surface area contributed by atoms with Crippen molar-refractivity contribution >= 4 is 5.97 Å². The van der Waals surface area contributed by atoms with Crippen LogP contribution >= 0.6 is 0 Å². The second-order valence-electron chi connectivity index (χ2n) is 5.07. The summed E-state index contributed by atoms with van der Waals surface area (Å²) in [6.45, 7) is 2.75. The number of carboxylic acids is 1. The summed E-state index contributed by atoms with van der Waals surface area (Å²) in [5.74, 6) is -0.260. The third kappa shape index (κ3) is 3.11. The van der Waals surface area contributed by atoms with E-state index in [9.17, 15) is 4.79 Å². The monoisotopic (exact) mass is 252 g/mol. The van der Waals surface area contributed by atoms with E-state index in [1.165, 1.54) is 18.9 Å². The Morgan fingerprint density at radius 2 is 2.33 bits per heavy atom. The van der Waals surface area contributed by atoms with Crippen molar-refractivity contribution in [3.63, 3.8) is 0 Å². The minimum absolute atomic E-state index is 0.0196. The zero-order valence-electron chi connectivity index (χ0n) is 10.9. The van der Waals surface area contributed by atoms with Gasteiger partial charge in [-0.25, -0.2) is 4.79 Å². The highest BCUT2D eigenvalue weighted by Gasteiger charge is 2.22. The van der Waals surface area contributed by atoms with Crippen LogP contribution in [0.2, 0.25) is 0 Å². The van der Waals surface area contributed by atoms with Gasteiger partial charge in [0, 0.05) is 12.6 Å². The van der Waals surface area contributed by atoms with E-state index in [4.69, 9.17) is 9.52 Å². The molecule has 0 amide bonds. The van der Waals surface area contributed by atoms with E-state index < -0.39 is 5.97 Å². The average Bonchev–Trinajstić information content (AvgIpc) is 2.78. The molecule has 1 unspecified atom stereocenters. The van der Waals surface area contributed by atoms with Crippen molar-refractivity contribution in [1.29, 1.82) is 0 Å². The maximum Gasteiger partial charge on any atom is 0.371 e. The van der Waals surface area contributed by atoms with E-state index in [0.29, 0.717) is 12.6 Å². The normalized spacial score (nSPS) is 21.4. The minimum Gasteiger partial charge on any atom is -0.475 e. The Balaban J connectivity index is 1.94. The first-order valence-electron chi connectivity index (χ1n) is 6.27. The van der Waals surface area contributed by atoms with Crippen molar-refractivity contribution in [3.8, 4) is 0 Å². The number of hydrogen-bond acceptors (Lipinski definition) is 4. The Kier molecular flexibility index (Phi) is 4.04. The summed E-state index contributed by atoms with van der Waals surface area (Å²) in [4.78, 5) is 15.3. The van der Waals surface area contributed by atoms with Gasteiger partial charge in [0.1, 0.15) is 5.76 Å². The number of carbonyl (C=O) groups is 1. The van der Waals surface area contributed by atoms with Crippen LogP contribution in [0.1, 0.15) is 29.2 Å². The van der Waals surface area contributed by atoms with Gasteiger partial charge in [-0.1, -0.05) is 0 Å². The van der Waals surface area contributed by atoms with Crippen LogP contribution in [0.5, 0.6) is 0 Å². The second kappa shape index (κ2) is 5.54. The molecule has 1 atom stereocenters. The number of nitrogens with zero attached hydrogens (tertiary/aromatic N) is 2. The minimum atomic E-state index is -1.01. The molecule has 2 heterocycles. The number of likely N-dealkylation sites (N-methyl/N-ethyl adjacent to an activating group) is 1. The van der Waals surface area contributed by atoms with Gasteiger partial charge < -0.3 is 14.4 Å². The number of furan rings is 1. The summed E-state index contributed by atoms with van der Waals surface area (Å²) in [7, 11) is 4.20. The highest BCUT2D eigenvalue weighted by atomic mass is 16.4. The number of piperidine rings is 1. The van der Waals surface area contributed by atoms with Crippen LogP contribution in [-0.2, 0) is 6.54 Å². The fourth-order valence-electron chi connectivity index (χ4n) is 2.39. The first-order chi connectivity index (χ1) is 8.56. The van der Waals surface area contributed by atoms with Crippen LogP contribution in [0.3, 0.4) is 0 Å². The molecule has 1 fully saturated rings. The fourth-order valence-corrected chi connectivity index (χ4v) is 2.39. The smallest absolute Gasteiger partial charge is 0.371 e. The zero-order valence-corrected chi connectivity index (χ0v) is 10.9. The molecule has 1 aliphatic heterocycles. The predicted molar refractivity (Wildman–Crippen MR) is 67.7 cm³/mol. The summed E-state index contributed by atoms with van der Waals surface area (Å²) >= 11 is 0. The fraction of sp³-hybridized carbons (Fsp3) is 0.615. The third-order valence-electron chi connectivity index (χ3n) is 3.46. The molecule has 5 nitrogen and oxygen atoms in total. The molecule has 0 radical (unpaired) electrons. The van der Waals surface area contributed by atoms with Gasteiger partial charge in [-0.2, -0.15) is 0 Å². The maximum atomic E-state index is 10.7. The van der Waals surface area contributed by atoms with E-state index in [1.54, 1.807) is 6.07 Å². The Hall–Kier alpha value is -1.33. The molecule has 1 N–H and O–H groups in total. The van der Waals surface area contributed by atoms with E-state index in [0.717, 1.165) is 18.8 Å².